The highest BCUT2D eigenvalue weighted by molar-refractivity contribution is 6.31. The first-order chi connectivity index (χ1) is 18.5. The molecule has 0 radical (unpaired) electrons. The molecular weight excluding hydrogens is 502 g/mol. The lowest BCUT2D eigenvalue weighted by Gasteiger charge is -2.25. The van der Waals surface area contributed by atoms with Gasteiger partial charge in [0, 0.05) is 10.7 Å². The Kier molecular flexibility index (Phi) is 6.10. The summed E-state index contributed by atoms with van der Waals surface area (Å²) in [6, 6.07) is 28.5. The van der Waals surface area contributed by atoms with Gasteiger partial charge in [0.2, 0.25) is 5.76 Å². The molecule has 188 valence electrons. The smallest absolute Gasteiger partial charge is 0.295 e. The van der Waals surface area contributed by atoms with Crippen LogP contribution < -0.4 is 19.8 Å². The molecule has 6 rings (SSSR count). The Bertz CT molecular complexity index is 1710. The largest absolute Gasteiger partial charge is 0.497 e. The minimum atomic E-state index is -0.731. The Morgan fingerprint density at radius 1 is 0.868 bits per heavy atom. The highest BCUT2D eigenvalue weighted by Crippen LogP contribution is 2.42. The van der Waals surface area contributed by atoms with E-state index in [2.05, 4.69) is 0 Å². The number of ether oxygens (including phenoxy) is 2. The van der Waals surface area contributed by atoms with Crippen LogP contribution in [0.2, 0.25) is 5.02 Å². The first kappa shape index (κ1) is 23.8. The van der Waals surface area contributed by atoms with Crippen LogP contribution in [0.1, 0.15) is 33.3 Å². The van der Waals surface area contributed by atoms with Gasteiger partial charge >= 0.3 is 0 Å². The van der Waals surface area contributed by atoms with Crippen molar-refractivity contribution in [1.29, 1.82) is 0 Å². The molecule has 0 spiro atoms. The standard InChI is InChI=1S/C31H22ClNO5/c1-36-23-13-11-22(12-14-23)33-28(20-8-5-9-24(16-20)37-18-19-6-3-2-4-7-19)27-29(34)25-17-21(32)10-15-26(25)38-30(27)31(33)35/h2-17,28H,18H2,1H3. The summed E-state index contributed by atoms with van der Waals surface area (Å²) in [5.74, 6) is 0.886. The third-order valence-electron chi connectivity index (χ3n) is 6.60. The van der Waals surface area contributed by atoms with Crippen molar-refractivity contribution in [2.75, 3.05) is 12.0 Å². The fraction of sp³-hybridized carbons (Fsp3) is 0.0968. The molecular formula is C31H22ClNO5. The predicted molar refractivity (Wildman–Crippen MR) is 146 cm³/mol. The minimum absolute atomic E-state index is 0.0150. The monoisotopic (exact) mass is 523 g/mol. The van der Waals surface area contributed by atoms with Gasteiger partial charge in [-0.05, 0) is 65.7 Å². The topological polar surface area (TPSA) is 69.0 Å². The molecule has 1 amide bonds. The molecule has 6 nitrogen and oxygen atoms in total. The molecule has 0 N–H and O–H groups in total. The van der Waals surface area contributed by atoms with Gasteiger partial charge in [-0.1, -0.05) is 54.1 Å². The number of carbonyl (C=O) groups is 1. The summed E-state index contributed by atoms with van der Waals surface area (Å²) in [5.41, 5.74) is 2.62. The molecule has 0 aliphatic carbocycles. The number of halogens is 1. The Balaban J connectivity index is 1.49. The van der Waals surface area contributed by atoms with E-state index in [1.54, 1.807) is 54.5 Å². The maximum atomic E-state index is 13.8. The second-order valence-electron chi connectivity index (χ2n) is 8.94. The Morgan fingerprint density at radius 3 is 2.42 bits per heavy atom. The molecule has 0 saturated heterocycles. The van der Waals surface area contributed by atoms with E-state index in [1.165, 1.54) is 0 Å². The first-order valence-corrected chi connectivity index (χ1v) is 12.4. The maximum Gasteiger partial charge on any atom is 0.295 e. The van der Waals surface area contributed by atoms with Crippen molar-refractivity contribution in [3.63, 3.8) is 0 Å². The number of fused-ring (bicyclic) bond motifs is 2. The van der Waals surface area contributed by atoms with Crippen LogP contribution in [0.4, 0.5) is 5.69 Å². The van der Waals surface area contributed by atoms with Crippen molar-refractivity contribution in [1.82, 2.24) is 0 Å². The summed E-state index contributed by atoms with van der Waals surface area (Å²) >= 11 is 6.20. The second-order valence-corrected chi connectivity index (χ2v) is 9.37. The zero-order valence-electron chi connectivity index (χ0n) is 20.4. The molecule has 1 atom stereocenters. The number of carbonyl (C=O) groups excluding carboxylic acids is 1. The van der Waals surface area contributed by atoms with Crippen molar-refractivity contribution in [2.24, 2.45) is 0 Å². The maximum absolute atomic E-state index is 13.8. The van der Waals surface area contributed by atoms with Crippen molar-refractivity contribution >= 4 is 34.2 Å². The number of nitrogens with zero attached hydrogens (tertiary/aromatic N) is 1. The SMILES string of the molecule is COc1ccc(N2C(=O)c3oc4ccc(Cl)cc4c(=O)c3C2c2cccc(OCc3ccccc3)c2)cc1. The van der Waals surface area contributed by atoms with E-state index >= 15 is 0 Å². The van der Waals surface area contributed by atoms with E-state index < -0.39 is 11.9 Å². The third kappa shape index (κ3) is 4.19. The van der Waals surface area contributed by atoms with E-state index in [4.69, 9.17) is 25.5 Å². The number of hydrogen-bond acceptors (Lipinski definition) is 5. The van der Waals surface area contributed by atoms with E-state index in [9.17, 15) is 9.59 Å². The number of anilines is 1. The number of amides is 1. The van der Waals surface area contributed by atoms with Crippen LogP contribution in [0.15, 0.2) is 106 Å². The number of hydrogen-bond donors (Lipinski definition) is 0. The van der Waals surface area contributed by atoms with Gasteiger partial charge in [-0.2, -0.15) is 0 Å². The lowest BCUT2D eigenvalue weighted by atomic mass is 9.98. The van der Waals surface area contributed by atoms with Crippen LogP contribution in [0.25, 0.3) is 11.0 Å². The van der Waals surface area contributed by atoms with Crippen LogP contribution in [0.3, 0.4) is 0 Å². The second kappa shape index (κ2) is 9.72. The Labute approximate surface area is 223 Å². The van der Waals surface area contributed by atoms with Crippen LogP contribution >= 0.6 is 11.6 Å². The summed E-state index contributed by atoms with van der Waals surface area (Å²) in [4.78, 5) is 29.2. The van der Waals surface area contributed by atoms with E-state index in [0.717, 1.165) is 5.56 Å². The summed E-state index contributed by atoms with van der Waals surface area (Å²) < 4.78 is 17.4. The molecule has 1 aromatic heterocycles. The average Bonchev–Trinajstić information content (AvgIpc) is 3.25. The minimum Gasteiger partial charge on any atom is -0.497 e. The van der Waals surface area contributed by atoms with Crippen molar-refractivity contribution in [3.8, 4) is 11.5 Å². The summed E-state index contributed by atoms with van der Waals surface area (Å²) in [7, 11) is 1.58. The lowest BCUT2D eigenvalue weighted by molar-refractivity contribution is 0.0971. The van der Waals surface area contributed by atoms with Crippen LogP contribution in [-0.4, -0.2) is 13.0 Å². The van der Waals surface area contributed by atoms with Crippen LogP contribution in [0, 0.1) is 0 Å². The van der Waals surface area contributed by atoms with Crippen molar-refractivity contribution in [3.05, 3.63) is 135 Å². The van der Waals surface area contributed by atoms with Gasteiger partial charge in [0.15, 0.2) is 5.43 Å². The predicted octanol–water partition coefficient (Wildman–Crippen LogP) is 6.78. The number of methoxy groups -OCH3 is 1. The number of benzene rings is 4. The zero-order valence-corrected chi connectivity index (χ0v) is 21.1. The molecule has 38 heavy (non-hydrogen) atoms. The molecule has 0 bridgehead atoms. The van der Waals surface area contributed by atoms with E-state index in [-0.39, 0.29) is 16.8 Å². The zero-order chi connectivity index (χ0) is 26.2. The van der Waals surface area contributed by atoms with Gasteiger partial charge in [-0.3, -0.25) is 14.5 Å². The molecule has 5 aromatic rings. The van der Waals surface area contributed by atoms with E-state index in [1.807, 2.05) is 54.6 Å². The normalized spacial score (nSPS) is 14.5. The Morgan fingerprint density at radius 2 is 1.66 bits per heavy atom. The quantitative estimate of drug-likeness (QED) is 0.245. The third-order valence-corrected chi connectivity index (χ3v) is 6.84. The van der Waals surface area contributed by atoms with E-state index in [0.29, 0.717) is 45.3 Å². The summed E-state index contributed by atoms with van der Waals surface area (Å²) in [6.45, 7) is 0.387. The Hall–Kier alpha value is -4.55. The molecule has 2 heterocycles. The fourth-order valence-electron chi connectivity index (χ4n) is 4.78. The van der Waals surface area contributed by atoms with Crippen LogP contribution in [-0.2, 0) is 6.61 Å². The number of rotatable bonds is 6. The summed E-state index contributed by atoms with van der Waals surface area (Å²) in [5, 5.41) is 0.732. The van der Waals surface area contributed by atoms with Crippen LogP contribution in [0.5, 0.6) is 11.5 Å². The summed E-state index contributed by atoms with van der Waals surface area (Å²) in [6.07, 6.45) is 0. The highest BCUT2D eigenvalue weighted by atomic mass is 35.5. The molecule has 0 fully saturated rings. The molecule has 1 aliphatic rings. The fourth-order valence-corrected chi connectivity index (χ4v) is 4.96. The van der Waals surface area contributed by atoms with Gasteiger partial charge in [0.05, 0.1) is 24.1 Å². The molecule has 1 unspecified atom stereocenters. The van der Waals surface area contributed by atoms with Gasteiger partial charge in [0.1, 0.15) is 23.7 Å². The van der Waals surface area contributed by atoms with Gasteiger partial charge in [0.25, 0.3) is 5.91 Å². The molecule has 4 aromatic carbocycles. The van der Waals surface area contributed by atoms with Gasteiger partial charge in [-0.15, -0.1) is 0 Å². The lowest BCUT2D eigenvalue weighted by Crippen LogP contribution is -2.29. The van der Waals surface area contributed by atoms with Crippen molar-refractivity contribution in [2.45, 2.75) is 12.6 Å². The highest BCUT2D eigenvalue weighted by Gasteiger charge is 2.43. The molecule has 0 saturated carbocycles. The average molecular weight is 524 g/mol. The van der Waals surface area contributed by atoms with Gasteiger partial charge < -0.3 is 13.9 Å². The van der Waals surface area contributed by atoms with Gasteiger partial charge in [-0.25, -0.2) is 0 Å². The molecule has 1 aliphatic heterocycles. The first-order valence-electron chi connectivity index (χ1n) is 12.0. The molecule has 7 heteroatoms. The van der Waals surface area contributed by atoms with Crippen molar-refractivity contribution < 1.29 is 18.7 Å².